The van der Waals surface area contributed by atoms with E-state index in [1.54, 1.807) is 5.57 Å². The second kappa shape index (κ2) is 10.9. The van der Waals surface area contributed by atoms with Crippen LogP contribution < -0.4 is 0 Å². The molecule has 0 bridgehead atoms. The molecule has 0 fully saturated rings. The fourth-order valence-corrected chi connectivity index (χ4v) is 2.80. The maximum atomic E-state index is 4.41. The van der Waals surface area contributed by atoms with E-state index in [0.29, 0.717) is 0 Å². The van der Waals surface area contributed by atoms with Gasteiger partial charge in [-0.1, -0.05) is 72.0 Å². The molecule has 0 saturated carbocycles. The fraction of sp³-hybridized carbons (Fsp3) is 0.882. The highest BCUT2D eigenvalue weighted by Crippen LogP contribution is 2.31. The summed E-state index contributed by atoms with van der Waals surface area (Å²) in [5.41, 5.74) is 1.55. The largest absolute Gasteiger partial charge is 0.0993 e. The van der Waals surface area contributed by atoms with Gasteiger partial charge in [0.15, 0.2) is 0 Å². The first-order valence-electron chi connectivity index (χ1n) is 7.89. The number of hydrogen-bond acceptors (Lipinski definition) is 0. The van der Waals surface area contributed by atoms with Crippen molar-refractivity contribution in [3.63, 3.8) is 0 Å². The van der Waals surface area contributed by atoms with E-state index in [9.17, 15) is 0 Å². The van der Waals surface area contributed by atoms with Crippen LogP contribution in [0.5, 0.6) is 0 Å². The van der Waals surface area contributed by atoms with E-state index in [1.807, 2.05) is 0 Å². The van der Waals surface area contributed by atoms with Gasteiger partial charge in [-0.15, -0.1) is 0 Å². The lowest BCUT2D eigenvalue weighted by Crippen LogP contribution is -2.12. The molecular weight excluding hydrogens is 204 g/mol. The van der Waals surface area contributed by atoms with Gasteiger partial charge < -0.3 is 0 Å². The average molecular weight is 238 g/mol. The Morgan fingerprint density at radius 1 is 0.765 bits per heavy atom. The molecule has 17 heavy (non-hydrogen) atoms. The Kier molecular flexibility index (Phi) is 10.7. The van der Waals surface area contributed by atoms with Crippen LogP contribution in [0.3, 0.4) is 0 Å². The van der Waals surface area contributed by atoms with Crippen molar-refractivity contribution in [3.8, 4) is 0 Å². The molecule has 0 heterocycles. The first kappa shape index (κ1) is 16.7. The molecule has 0 aliphatic rings. The molecular formula is C17H34. The van der Waals surface area contributed by atoms with Gasteiger partial charge in [0, 0.05) is 0 Å². The Labute approximate surface area is 110 Å². The first-order valence-corrected chi connectivity index (χ1v) is 7.89. The van der Waals surface area contributed by atoms with Gasteiger partial charge in [-0.3, -0.25) is 0 Å². The van der Waals surface area contributed by atoms with E-state index >= 15 is 0 Å². The van der Waals surface area contributed by atoms with Crippen molar-refractivity contribution in [1.82, 2.24) is 0 Å². The van der Waals surface area contributed by atoms with E-state index in [-0.39, 0.29) is 0 Å². The third-order valence-corrected chi connectivity index (χ3v) is 4.08. The molecule has 2 unspecified atom stereocenters. The van der Waals surface area contributed by atoms with Gasteiger partial charge in [0.2, 0.25) is 0 Å². The Balaban J connectivity index is 4.08. The minimum atomic E-state index is 0.774. The molecule has 0 saturated heterocycles. The quantitative estimate of drug-likeness (QED) is 0.290. The summed E-state index contributed by atoms with van der Waals surface area (Å²) in [4.78, 5) is 0. The van der Waals surface area contributed by atoms with Crippen molar-refractivity contribution >= 4 is 0 Å². The minimum absolute atomic E-state index is 0.774. The molecule has 0 aromatic carbocycles. The summed E-state index contributed by atoms with van der Waals surface area (Å²) in [7, 11) is 0. The summed E-state index contributed by atoms with van der Waals surface area (Å²) in [6.45, 7) is 13.6. The van der Waals surface area contributed by atoms with Crippen molar-refractivity contribution in [2.24, 2.45) is 11.8 Å². The zero-order chi connectivity index (χ0) is 13.1. The van der Waals surface area contributed by atoms with Gasteiger partial charge in [0.25, 0.3) is 0 Å². The molecule has 0 N–H and O–H groups in total. The molecule has 0 amide bonds. The van der Waals surface area contributed by atoms with Crippen LogP contribution in [0.2, 0.25) is 0 Å². The van der Waals surface area contributed by atoms with Crippen molar-refractivity contribution in [2.45, 2.75) is 85.5 Å². The van der Waals surface area contributed by atoms with Gasteiger partial charge in [-0.2, -0.15) is 0 Å². The zero-order valence-corrected chi connectivity index (χ0v) is 12.7. The molecule has 0 aliphatic heterocycles. The van der Waals surface area contributed by atoms with Crippen molar-refractivity contribution in [2.75, 3.05) is 0 Å². The van der Waals surface area contributed by atoms with Crippen LogP contribution >= 0.6 is 0 Å². The Bertz CT molecular complexity index is 180. The Morgan fingerprint density at radius 2 is 1.35 bits per heavy atom. The monoisotopic (exact) mass is 238 g/mol. The van der Waals surface area contributed by atoms with Gasteiger partial charge in [0.1, 0.15) is 0 Å². The summed E-state index contributed by atoms with van der Waals surface area (Å²) in [6.07, 6.45) is 12.1. The van der Waals surface area contributed by atoms with E-state index in [4.69, 9.17) is 0 Å². The van der Waals surface area contributed by atoms with Crippen LogP contribution in [-0.2, 0) is 0 Å². The zero-order valence-electron chi connectivity index (χ0n) is 12.7. The van der Waals surface area contributed by atoms with Crippen molar-refractivity contribution < 1.29 is 0 Å². The van der Waals surface area contributed by atoms with Gasteiger partial charge in [0.05, 0.1) is 0 Å². The van der Waals surface area contributed by atoms with E-state index in [1.165, 1.54) is 57.8 Å². The SMILES string of the molecule is C=C(C(CC)CCC)C(CC)CCCCCC. The number of allylic oxidation sites excluding steroid dienone is 1. The minimum Gasteiger partial charge on any atom is -0.0993 e. The topological polar surface area (TPSA) is 0 Å². The molecule has 0 spiro atoms. The van der Waals surface area contributed by atoms with Crippen LogP contribution in [0, 0.1) is 11.8 Å². The van der Waals surface area contributed by atoms with E-state index < -0.39 is 0 Å². The lowest BCUT2D eigenvalue weighted by Gasteiger charge is -2.25. The highest BCUT2D eigenvalue weighted by atomic mass is 14.2. The molecule has 102 valence electrons. The molecule has 2 atom stereocenters. The number of rotatable bonds is 11. The van der Waals surface area contributed by atoms with E-state index in [2.05, 4.69) is 34.3 Å². The third-order valence-electron chi connectivity index (χ3n) is 4.08. The summed E-state index contributed by atoms with van der Waals surface area (Å²) < 4.78 is 0. The summed E-state index contributed by atoms with van der Waals surface area (Å²) in [6, 6.07) is 0. The van der Waals surface area contributed by atoms with Crippen LogP contribution in [-0.4, -0.2) is 0 Å². The average Bonchev–Trinajstić information content (AvgIpc) is 2.35. The first-order chi connectivity index (χ1) is 8.21. The van der Waals surface area contributed by atoms with Crippen LogP contribution in [0.1, 0.15) is 85.5 Å². The highest BCUT2D eigenvalue weighted by Gasteiger charge is 2.17. The number of unbranched alkanes of at least 4 members (excludes halogenated alkanes) is 3. The summed E-state index contributed by atoms with van der Waals surface area (Å²) >= 11 is 0. The molecule has 0 aromatic heterocycles. The standard InChI is InChI=1S/C17H34/c1-6-10-11-12-14-17(9-4)15(5)16(8-3)13-7-2/h16-17H,5-14H2,1-4H3. The summed E-state index contributed by atoms with van der Waals surface area (Å²) in [5, 5.41) is 0. The maximum absolute atomic E-state index is 4.41. The second-order valence-electron chi connectivity index (χ2n) is 5.42. The van der Waals surface area contributed by atoms with Crippen LogP contribution in [0.15, 0.2) is 12.2 Å². The smallest absolute Gasteiger partial charge is 0.0206 e. The van der Waals surface area contributed by atoms with E-state index in [0.717, 1.165) is 11.8 Å². The number of hydrogen-bond donors (Lipinski definition) is 0. The van der Waals surface area contributed by atoms with Gasteiger partial charge in [-0.25, -0.2) is 0 Å². The Hall–Kier alpha value is -0.260. The second-order valence-corrected chi connectivity index (χ2v) is 5.42. The predicted octanol–water partition coefficient (Wildman–Crippen LogP) is 6.37. The molecule has 0 heteroatoms. The lowest BCUT2D eigenvalue weighted by atomic mass is 9.81. The molecule has 0 aliphatic carbocycles. The highest BCUT2D eigenvalue weighted by molar-refractivity contribution is 5.05. The fourth-order valence-electron chi connectivity index (χ4n) is 2.80. The third kappa shape index (κ3) is 6.91. The summed E-state index contributed by atoms with van der Waals surface area (Å²) in [5.74, 6) is 1.56. The van der Waals surface area contributed by atoms with Crippen molar-refractivity contribution in [1.29, 1.82) is 0 Å². The van der Waals surface area contributed by atoms with Gasteiger partial charge in [-0.05, 0) is 37.5 Å². The maximum Gasteiger partial charge on any atom is -0.0206 e. The molecule has 0 nitrogen and oxygen atoms in total. The van der Waals surface area contributed by atoms with Crippen molar-refractivity contribution in [3.05, 3.63) is 12.2 Å². The lowest BCUT2D eigenvalue weighted by molar-refractivity contribution is 0.419. The van der Waals surface area contributed by atoms with Crippen LogP contribution in [0.25, 0.3) is 0 Å². The Morgan fingerprint density at radius 3 is 1.82 bits per heavy atom. The normalized spacial score (nSPS) is 14.6. The van der Waals surface area contributed by atoms with Gasteiger partial charge >= 0.3 is 0 Å². The molecule has 0 radical (unpaired) electrons. The van der Waals surface area contributed by atoms with Crippen LogP contribution in [0.4, 0.5) is 0 Å². The molecule has 0 aromatic rings. The predicted molar refractivity (Wildman–Crippen MR) is 80.4 cm³/mol. The molecule has 0 rings (SSSR count).